The van der Waals surface area contributed by atoms with E-state index in [1.807, 2.05) is 52.8 Å². The number of nitrogens with zero attached hydrogens (tertiary/aromatic N) is 1. The lowest BCUT2D eigenvalue weighted by Crippen LogP contribution is -2.57. The smallest absolute Gasteiger partial charge is 0.408 e. The molecule has 0 saturated heterocycles. The van der Waals surface area contributed by atoms with Gasteiger partial charge in [-0.15, -0.1) is 0 Å². The Morgan fingerprint density at radius 3 is 2.05 bits per heavy atom. The lowest BCUT2D eigenvalue weighted by atomic mass is 9.92. The Balaban J connectivity index is 2.67. The number of alkyl carbamates (subject to hydrolysis) is 1. The fraction of sp³-hybridized carbons (Fsp3) is 0.571. The van der Waals surface area contributed by atoms with Crippen LogP contribution in [0, 0.1) is 25.7 Å². The van der Waals surface area contributed by atoms with Crippen molar-refractivity contribution in [3.05, 3.63) is 59.2 Å². The fourth-order valence-corrected chi connectivity index (χ4v) is 4.85. The molecule has 8 heteroatoms. The molecule has 4 unspecified atom stereocenters. The molecule has 238 valence electrons. The fourth-order valence-electron chi connectivity index (χ4n) is 4.85. The first-order valence-corrected chi connectivity index (χ1v) is 15.4. The van der Waals surface area contributed by atoms with E-state index in [2.05, 4.69) is 24.5 Å². The van der Waals surface area contributed by atoms with Crippen molar-refractivity contribution < 1.29 is 23.9 Å². The Hall–Kier alpha value is -3.55. The predicted octanol–water partition coefficient (Wildman–Crippen LogP) is 7.58. The van der Waals surface area contributed by atoms with E-state index in [1.54, 1.807) is 57.0 Å². The summed E-state index contributed by atoms with van der Waals surface area (Å²) >= 11 is 0. The van der Waals surface area contributed by atoms with Gasteiger partial charge in [-0.1, -0.05) is 52.3 Å². The van der Waals surface area contributed by atoms with Crippen LogP contribution in [0.25, 0.3) is 0 Å². The molecule has 0 heterocycles. The van der Waals surface area contributed by atoms with Gasteiger partial charge in [-0.3, -0.25) is 9.59 Å². The molecule has 3 amide bonds. The number of hydrogen-bond acceptors (Lipinski definition) is 5. The molecule has 8 nitrogen and oxygen atoms in total. The molecule has 0 saturated carbocycles. The molecule has 0 aliphatic carbocycles. The summed E-state index contributed by atoms with van der Waals surface area (Å²) in [5.41, 5.74) is 2.68. The molecule has 2 rings (SSSR count). The van der Waals surface area contributed by atoms with Gasteiger partial charge in [-0.2, -0.15) is 0 Å². The van der Waals surface area contributed by atoms with Crippen LogP contribution in [-0.4, -0.2) is 47.6 Å². The second kappa shape index (κ2) is 15.8. The molecule has 4 atom stereocenters. The summed E-state index contributed by atoms with van der Waals surface area (Å²) in [4.78, 5) is 43.6. The van der Waals surface area contributed by atoms with Crippen molar-refractivity contribution in [2.24, 2.45) is 11.8 Å². The minimum Gasteiger partial charge on any atom is -0.497 e. The summed E-state index contributed by atoms with van der Waals surface area (Å²) < 4.78 is 10.8. The number of aryl methyl sites for hydroxylation is 2. The molecule has 0 spiro atoms. The van der Waals surface area contributed by atoms with Crippen LogP contribution in [-0.2, 0) is 14.3 Å². The van der Waals surface area contributed by atoms with Crippen LogP contribution in [0.3, 0.4) is 0 Å². The zero-order valence-corrected chi connectivity index (χ0v) is 28.0. The molecule has 2 N–H and O–H groups in total. The van der Waals surface area contributed by atoms with Crippen molar-refractivity contribution in [2.45, 2.75) is 112 Å². The minimum absolute atomic E-state index is 0.204. The first kappa shape index (κ1) is 35.6. The predicted molar refractivity (Wildman–Crippen MR) is 173 cm³/mol. The quantitative estimate of drug-likeness (QED) is 0.249. The highest BCUT2D eigenvalue weighted by atomic mass is 16.6. The number of methoxy groups -OCH3 is 1. The number of hydrogen-bond donors (Lipinski definition) is 2. The Morgan fingerprint density at radius 2 is 1.53 bits per heavy atom. The van der Waals surface area contributed by atoms with Gasteiger partial charge in [0.25, 0.3) is 5.91 Å². The van der Waals surface area contributed by atoms with Crippen molar-refractivity contribution in [2.75, 3.05) is 12.4 Å². The van der Waals surface area contributed by atoms with Crippen LogP contribution >= 0.6 is 0 Å². The molecule has 0 bridgehead atoms. The maximum Gasteiger partial charge on any atom is 0.408 e. The number of carbonyl (C=O) groups excluding carboxylic acids is 3. The first-order chi connectivity index (χ1) is 20.1. The standard InChI is InChI=1S/C35H53N3O5/c1-12-23(4)30(37-34(41)43-35(8,9)10)33(40)38(26(7)15-13-22(2)3)31(27-16-14-24(5)25(6)21-27)32(39)36-28-17-19-29(42-11)20-18-28/h14,16-23,26,30-31H,12-13,15H2,1-11H3,(H,36,39)(H,37,41). The van der Waals surface area contributed by atoms with Crippen molar-refractivity contribution in [3.63, 3.8) is 0 Å². The van der Waals surface area contributed by atoms with E-state index in [0.29, 0.717) is 35.8 Å². The lowest BCUT2D eigenvalue weighted by molar-refractivity contribution is -0.144. The van der Waals surface area contributed by atoms with Crippen LogP contribution in [0.5, 0.6) is 5.75 Å². The van der Waals surface area contributed by atoms with Crippen LogP contribution in [0.15, 0.2) is 42.5 Å². The first-order valence-electron chi connectivity index (χ1n) is 15.4. The largest absolute Gasteiger partial charge is 0.497 e. The molecule has 0 aromatic heterocycles. The van der Waals surface area contributed by atoms with Gasteiger partial charge < -0.3 is 25.0 Å². The van der Waals surface area contributed by atoms with E-state index in [1.165, 1.54) is 0 Å². The monoisotopic (exact) mass is 595 g/mol. The Kier molecular flexibility index (Phi) is 13.1. The zero-order valence-electron chi connectivity index (χ0n) is 28.0. The number of anilines is 1. The lowest BCUT2D eigenvalue weighted by Gasteiger charge is -2.40. The summed E-state index contributed by atoms with van der Waals surface area (Å²) in [5, 5.41) is 5.89. The van der Waals surface area contributed by atoms with E-state index < -0.39 is 23.8 Å². The summed E-state index contributed by atoms with van der Waals surface area (Å²) in [6.07, 6.45) is 1.55. The molecule has 0 fully saturated rings. The third-order valence-corrected chi connectivity index (χ3v) is 7.77. The summed E-state index contributed by atoms with van der Waals surface area (Å²) in [5.74, 6) is 0.234. The van der Waals surface area contributed by atoms with E-state index in [9.17, 15) is 14.4 Å². The van der Waals surface area contributed by atoms with Crippen molar-refractivity contribution in [1.82, 2.24) is 10.2 Å². The van der Waals surface area contributed by atoms with E-state index in [4.69, 9.17) is 9.47 Å². The number of carbonyl (C=O) groups is 3. The highest BCUT2D eigenvalue weighted by Crippen LogP contribution is 2.31. The normalized spacial score (nSPS) is 14.3. The van der Waals surface area contributed by atoms with Gasteiger partial charge in [0.2, 0.25) is 5.91 Å². The van der Waals surface area contributed by atoms with Crippen molar-refractivity contribution in [1.29, 1.82) is 0 Å². The second-order valence-corrected chi connectivity index (χ2v) is 13.0. The van der Waals surface area contributed by atoms with Crippen LogP contribution in [0.4, 0.5) is 10.5 Å². The molecule has 2 aromatic carbocycles. The second-order valence-electron chi connectivity index (χ2n) is 13.0. The van der Waals surface area contributed by atoms with Crippen LogP contribution in [0.1, 0.15) is 97.4 Å². The number of nitrogens with one attached hydrogen (secondary N) is 2. The van der Waals surface area contributed by atoms with Gasteiger partial charge in [0, 0.05) is 11.7 Å². The molecule has 2 aromatic rings. The molecule has 0 aliphatic heterocycles. The van der Waals surface area contributed by atoms with Crippen molar-refractivity contribution in [3.8, 4) is 5.75 Å². The SMILES string of the molecule is CCC(C)C(NC(=O)OC(C)(C)C)C(=O)N(C(C)CCC(C)C)C(C(=O)Nc1ccc(OC)cc1)c1ccc(C)c(C)c1. The average molecular weight is 596 g/mol. The average Bonchev–Trinajstić information content (AvgIpc) is 2.93. The number of rotatable bonds is 13. The van der Waals surface area contributed by atoms with E-state index in [-0.39, 0.29) is 23.8 Å². The van der Waals surface area contributed by atoms with Gasteiger partial charge in [0.15, 0.2) is 0 Å². The number of ether oxygens (including phenoxy) is 2. The van der Waals surface area contributed by atoms with Gasteiger partial charge in [0.05, 0.1) is 7.11 Å². The van der Waals surface area contributed by atoms with Crippen LogP contribution in [0.2, 0.25) is 0 Å². The van der Waals surface area contributed by atoms with E-state index in [0.717, 1.165) is 17.5 Å². The zero-order chi connectivity index (χ0) is 32.5. The Labute approximate surface area is 258 Å². The Morgan fingerprint density at radius 1 is 0.907 bits per heavy atom. The molecule has 43 heavy (non-hydrogen) atoms. The topological polar surface area (TPSA) is 97.0 Å². The maximum absolute atomic E-state index is 14.7. The van der Waals surface area contributed by atoms with Crippen molar-refractivity contribution >= 4 is 23.6 Å². The number of amides is 3. The summed E-state index contributed by atoms with van der Waals surface area (Å²) in [6, 6.07) is 10.8. The van der Waals surface area contributed by atoms with Gasteiger partial charge in [0.1, 0.15) is 23.4 Å². The Bertz CT molecular complexity index is 1220. The minimum atomic E-state index is -0.942. The van der Waals surface area contributed by atoms with Gasteiger partial charge >= 0.3 is 6.09 Å². The maximum atomic E-state index is 14.7. The third kappa shape index (κ3) is 10.6. The highest BCUT2D eigenvalue weighted by molar-refractivity contribution is 5.99. The molecule has 0 aliphatic rings. The number of benzene rings is 2. The summed E-state index contributed by atoms with van der Waals surface area (Å²) in [7, 11) is 1.59. The molecular weight excluding hydrogens is 542 g/mol. The van der Waals surface area contributed by atoms with Gasteiger partial charge in [-0.25, -0.2) is 4.79 Å². The van der Waals surface area contributed by atoms with Gasteiger partial charge in [-0.05, 0) is 107 Å². The van der Waals surface area contributed by atoms with Crippen LogP contribution < -0.4 is 15.4 Å². The molecular formula is C35H53N3O5. The molecule has 0 radical (unpaired) electrons. The summed E-state index contributed by atoms with van der Waals surface area (Å²) in [6.45, 7) is 19.5. The van der Waals surface area contributed by atoms with E-state index >= 15 is 0 Å². The highest BCUT2D eigenvalue weighted by Gasteiger charge is 2.40. The third-order valence-electron chi connectivity index (χ3n) is 7.77.